The van der Waals surface area contributed by atoms with Crippen molar-refractivity contribution >= 4 is 11.7 Å². The van der Waals surface area contributed by atoms with Gasteiger partial charge < -0.3 is 15.8 Å². The minimum Gasteiger partial charge on any atom is -0.457 e. The number of fused-ring (bicyclic) bond motifs is 1. The second-order valence-corrected chi connectivity index (χ2v) is 3.31. The van der Waals surface area contributed by atoms with E-state index in [-0.39, 0.29) is 12.1 Å². The molecule has 1 aliphatic rings. The lowest BCUT2D eigenvalue weighted by Crippen LogP contribution is -2.09. The molecule has 0 spiro atoms. The van der Waals surface area contributed by atoms with Gasteiger partial charge in [-0.2, -0.15) is 0 Å². The normalized spacial score (nSPS) is 12.9. The molecule has 1 heterocycles. The highest BCUT2D eigenvalue weighted by Gasteiger charge is 2.21. The first-order valence-corrected chi connectivity index (χ1v) is 4.16. The first-order chi connectivity index (χ1) is 6.18. The average molecular weight is 195 g/mol. The SMILES string of the molecule is CN(C)c1ccc2c(c1)C(=O)OC2.[NH4+]. The number of rotatable bonds is 1. The summed E-state index contributed by atoms with van der Waals surface area (Å²) in [7, 11) is 3.89. The van der Waals surface area contributed by atoms with Gasteiger partial charge in [0.2, 0.25) is 0 Å². The molecule has 0 aromatic heterocycles. The van der Waals surface area contributed by atoms with Crippen LogP contribution in [0, 0.1) is 0 Å². The van der Waals surface area contributed by atoms with Crippen LogP contribution in [0.4, 0.5) is 5.69 Å². The van der Waals surface area contributed by atoms with Gasteiger partial charge in [-0.3, -0.25) is 0 Å². The molecule has 4 heteroatoms. The molecule has 0 radical (unpaired) electrons. The van der Waals surface area contributed by atoms with Gasteiger partial charge in [0.25, 0.3) is 0 Å². The van der Waals surface area contributed by atoms with Crippen molar-refractivity contribution in [3.05, 3.63) is 29.3 Å². The third-order valence-electron chi connectivity index (χ3n) is 2.19. The largest absolute Gasteiger partial charge is 0.457 e. The molecule has 0 aliphatic carbocycles. The molecule has 0 saturated heterocycles. The summed E-state index contributed by atoms with van der Waals surface area (Å²) < 4.78 is 4.90. The Hall–Kier alpha value is -1.55. The fourth-order valence-corrected chi connectivity index (χ4v) is 1.38. The Morgan fingerprint density at radius 3 is 2.71 bits per heavy atom. The van der Waals surface area contributed by atoms with Crippen LogP contribution in [0.1, 0.15) is 15.9 Å². The fraction of sp³-hybridized carbons (Fsp3) is 0.300. The molecule has 14 heavy (non-hydrogen) atoms. The van der Waals surface area contributed by atoms with Crippen LogP contribution >= 0.6 is 0 Å². The van der Waals surface area contributed by atoms with E-state index in [0.29, 0.717) is 12.2 Å². The van der Waals surface area contributed by atoms with Gasteiger partial charge in [0.15, 0.2) is 0 Å². The maximum absolute atomic E-state index is 11.2. The second-order valence-electron chi connectivity index (χ2n) is 3.31. The number of ether oxygens (including phenoxy) is 1. The summed E-state index contributed by atoms with van der Waals surface area (Å²) in [5.74, 6) is -0.210. The van der Waals surface area contributed by atoms with Crippen molar-refractivity contribution in [3.8, 4) is 0 Å². The van der Waals surface area contributed by atoms with Crippen molar-refractivity contribution in [2.24, 2.45) is 0 Å². The summed E-state index contributed by atoms with van der Waals surface area (Å²) in [6.07, 6.45) is 0. The van der Waals surface area contributed by atoms with E-state index in [1.54, 1.807) is 0 Å². The lowest BCUT2D eigenvalue weighted by molar-refractivity contribution is 0.0535. The van der Waals surface area contributed by atoms with Gasteiger partial charge >= 0.3 is 5.97 Å². The first-order valence-electron chi connectivity index (χ1n) is 4.16. The predicted molar refractivity (Wildman–Crippen MR) is 55.9 cm³/mol. The van der Waals surface area contributed by atoms with Gasteiger partial charge in [0.05, 0.1) is 5.56 Å². The highest BCUT2D eigenvalue weighted by molar-refractivity contribution is 5.94. The Bertz CT molecular complexity index is 361. The lowest BCUT2D eigenvalue weighted by Gasteiger charge is -2.12. The molecule has 0 saturated carbocycles. The molecule has 0 atom stereocenters. The highest BCUT2D eigenvalue weighted by atomic mass is 16.5. The van der Waals surface area contributed by atoms with Crippen LogP contribution in [-0.2, 0) is 11.3 Å². The van der Waals surface area contributed by atoms with E-state index < -0.39 is 0 Å². The minimum atomic E-state index is -0.210. The zero-order valence-electron chi connectivity index (χ0n) is 8.70. The smallest absolute Gasteiger partial charge is 0.338 e. The zero-order valence-corrected chi connectivity index (χ0v) is 8.70. The Labute approximate surface area is 83.1 Å². The monoisotopic (exact) mass is 195 g/mol. The highest BCUT2D eigenvalue weighted by Crippen LogP contribution is 2.24. The molecule has 0 bridgehead atoms. The Morgan fingerprint density at radius 2 is 2.07 bits per heavy atom. The molecular weight excluding hydrogens is 180 g/mol. The number of nitrogens with zero attached hydrogens (tertiary/aromatic N) is 1. The van der Waals surface area contributed by atoms with E-state index in [9.17, 15) is 4.79 Å². The molecule has 4 nitrogen and oxygen atoms in total. The number of hydrogen-bond donors (Lipinski definition) is 1. The summed E-state index contributed by atoms with van der Waals surface area (Å²) in [5.41, 5.74) is 2.71. The number of esters is 1. The van der Waals surface area contributed by atoms with E-state index in [2.05, 4.69) is 0 Å². The Kier molecular flexibility index (Phi) is 2.76. The van der Waals surface area contributed by atoms with Crippen molar-refractivity contribution in [1.82, 2.24) is 6.15 Å². The molecule has 1 aromatic carbocycles. The summed E-state index contributed by atoms with van der Waals surface area (Å²) in [6.45, 7) is 0.419. The molecule has 0 fully saturated rings. The topological polar surface area (TPSA) is 66.0 Å². The summed E-state index contributed by atoms with van der Waals surface area (Å²) >= 11 is 0. The van der Waals surface area contributed by atoms with Gasteiger partial charge in [-0.25, -0.2) is 4.79 Å². The zero-order chi connectivity index (χ0) is 9.42. The number of hydrogen-bond acceptors (Lipinski definition) is 3. The number of carbonyl (C=O) groups excluding carboxylic acids is 1. The number of anilines is 1. The number of cyclic esters (lactones) is 1. The lowest BCUT2D eigenvalue weighted by atomic mass is 10.1. The van der Waals surface area contributed by atoms with Crippen LogP contribution in [0.15, 0.2) is 18.2 Å². The number of carbonyl (C=O) groups is 1. The maximum atomic E-state index is 11.2. The predicted octanol–water partition coefficient (Wildman–Crippen LogP) is 1.80. The number of quaternary nitrogens is 1. The standard InChI is InChI=1S/C10H11NO2.H3N/c1-11(2)8-4-3-7-6-13-10(12)9(7)5-8;/h3-5H,6H2,1-2H3;1H3/p+1. The molecule has 0 amide bonds. The van der Waals surface area contributed by atoms with Crippen molar-refractivity contribution in [2.75, 3.05) is 19.0 Å². The van der Waals surface area contributed by atoms with E-state index >= 15 is 0 Å². The quantitative estimate of drug-likeness (QED) is 0.695. The van der Waals surface area contributed by atoms with Crippen LogP contribution in [0.25, 0.3) is 0 Å². The third kappa shape index (κ3) is 1.56. The minimum absolute atomic E-state index is 0. The van der Waals surface area contributed by atoms with Crippen LogP contribution in [0.3, 0.4) is 0 Å². The van der Waals surface area contributed by atoms with Crippen LogP contribution < -0.4 is 11.1 Å². The second kappa shape index (κ2) is 3.67. The van der Waals surface area contributed by atoms with Gasteiger partial charge in [-0.1, -0.05) is 6.07 Å². The van der Waals surface area contributed by atoms with Crippen molar-refractivity contribution < 1.29 is 9.53 Å². The summed E-state index contributed by atoms with van der Waals surface area (Å²) in [4.78, 5) is 13.2. The van der Waals surface area contributed by atoms with E-state index in [0.717, 1.165) is 11.3 Å². The van der Waals surface area contributed by atoms with Crippen molar-refractivity contribution in [3.63, 3.8) is 0 Å². The molecule has 0 unspecified atom stereocenters. The van der Waals surface area contributed by atoms with Gasteiger partial charge in [-0.15, -0.1) is 0 Å². The third-order valence-corrected chi connectivity index (χ3v) is 2.19. The Morgan fingerprint density at radius 1 is 1.36 bits per heavy atom. The average Bonchev–Trinajstić information content (AvgIpc) is 2.47. The van der Waals surface area contributed by atoms with Gasteiger partial charge in [-0.05, 0) is 12.1 Å². The van der Waals surface area contributed by atoms with Crippen LogP contribution in [0.2, 0.25) is 0 Å². The molecule has 1 aliphatic heterocycles. The van der Waals surface area contributed by atoms with Crippen molar-refractivity contribution in [1.29, 1.82) is 0 Å². The van der Waals surface area contributed by atoms with Gasteiger partial charge in [0, 0.05) is 25.3 Å². The fourth-order valence-electron chi connectivity index (χ4n) is 1.38. The molecule has 4 N–H and O–H groups in total. The Balaban J connectivity index is 0.000000980. The summed E-state index contributed by atoms with van der Waals surface area (Å²) in [6, 6.07) is 5.79. The summed E-state index contributed by atoms with van der Waals surface area (Å²) in [5, 5.41) is 0. The number of benzene rings is 1. The van der Waals surface area contributed by atoms with Crippen LogP contribution in [-0.4, -0.2) is 20.1 Å². The van der Waals surface area contributed by atoms with Crippen LogP contribution in [0.5, 0.6) is 0 Å². The molecular formula is C10H15N2O2+. The van der Waals surface area contributed by atoms with E-state index in [1.165, 1.54) is 0 Å². The first kappa shape index (κ1) is 10.5. The van der Waals surface area contributed by atoms with E-state index in [1.807, 2.05) is 37.2 Å². The molecule has 2 rings (SSSR count). The van der Waals surface area contributed by atoms with E-state index in [4.69, 9.17) is 4.74 Å². The van der Waals surface area contributed by atoms with Gasteiger partial charge in [0.1, 0.15) is 6.61 Å². The maximum Gasteiger partial charge on any atom is 0.338 e. The molecule has 76 valence electrons. The van der Waals surface area contributed by atoms with Crippen molar-refractivity contribution in [2.45, 2.75) is 6.61 Å². The molecule has 1 aromatic rings.